The van der Waals surface area contributed by atoms with Crippen molar-refractivity contribution >= 4 is 21.8 Å². The first-order valence-electron chi connectivity index (χ1n) is 16.6. The third kappa shape index (κ3) is 5.94. The number of aliphatic hydroxyl groups is 1. The van der Waals surface area contributed by atoms with Gasteiger partial charge in [-0.1, -0.05) is 34.6 Å². The van der Waals surface area contributed by atoms with Crippen LogP contribution in [0.5, 0.6) is 11.5 Å². The Morgan fingerprint density at radius 1 is 0.735 bits per heavy atom. The zero-order valence-corrected chi connectivity index (χ0v) is 29.1. The van der Waals surface area contributed by atoms with Crippen molar-refractivity contribution in [2.75, 3.05) is 14.2 Å². The van der Waals surface area contributed by atoms with Crippen molar-refractivity contribution in [3.05, 3.63) is 120 Å². The second kappa shape index (κ2) is 12.9. The van der Waals surface area contributed by atoms with Crippen molar-refractivity contribution in [1.29, 1.82) is 0 Å². The fourth-order valence-corrected chi connectivity index (χ4v) is 7.97. The number of fused-ring (bicyclic) bond motifs is 2. The monoisotopic (exact) mass is 666 g/mol. The number of nitrogens with zero attached hydrogens (tertiary/aromatic N) is 2. The highest BCUT2D eigenvalue weighted by atomic mass is 19.1. The molecule has 9 heteroatoms. The summed E-state index contributed by atoms with van der Waals surface area (Å²) in [6.45, 7) is 10.1. The number of nitrogens with one attached hydrogen (secondary N) is 2. The lowest BCUT2D eigenvalue weighted by atomic mass is 9.50. The largest absolute Gasteiger partial charge is 0.496 e. The number of halogens is 2. The molecule has 0 fully saturated rings. The van der Waals surface area contributed by atoms with Gasteiger partial charge in [-0.05, 0) is 78.4 Å². The number of aromatic amines is 2. The van der Waals surface area contributed by atoms with Gasteiger partial charge in [-0.3, -0.25) is 9.97 Å². The molecule has 0 aliphatic heterocycles. The maximum absolute atomic E-state index is 15.3. The summed E-state index contributed by atoms with van der Waals surface area (Å²) >= 11 is 0. The zero-order valence-electron chi connectivity index (χ0n) is 29.1. The molecule has 7 nitrogen and oxygen atoms in total. The van der Waals surface area contributed by atoms with Crippen molar-refractivity contribution in [2.24, 2.45) is 11.8 Å². The number of aromatic nitrogens is 4. The molecular formula is C40H44F2N4O3. The van der Waals surface area contributed by atoms with Gasteiger partial charge in [-0.15, -0.1) is 0 Å². The van der Waals surface area contributed by atoms with Crippen molar-refractivity contribution < 1.29 is 23.4 Å². The van der Waals surface area contributed by atoms with Crippen molar-refractivity contribution in [1.82, 2.24) is 19.9 Å². The standard InChI is InChI=1S/C40H44F2N4O3/c1-24(2)39(5,32-19-28(42)9-11-36(32)49-7)40(47,21-30-17-26-13-15-44-23-34(26)46-30)37(20-29-16-25-12-14-43-22-33(25)45-29)38(3,4)31-18-27(41)8-10-35(31)48-6/h8-19,22-24,37,45-47H,20-21H2,1-7H3. The van der Waals surface area contributed by atoms with Crippen LogP contribution in [0.3, 0.4) is 0 Å². The molecule has 0 saturated heterocycles. The molecule has 3 unspecified atom stereocenters. The summed E-state index contributed by atoms with van der Waals surface area (Å²) in [5.74, 6) is -0.753. The van der Waals surface area contributed by atoms with E-state index in [2.05, 4.69) is 26.0 Å². The van der Waals surface area contributed by atoms with Gasteiger partial charge < -0.3 is 24.5 Å². The zero-order chi connectivity index (χ0) is 35.1. The minimum Gasteiger partial charge on any atom is -0.496 e. The fourth-order valence-electron chi connectivity index (χ4n) is 7.97. The van der Waals surface area contributed by atoms with Crippen LogP contribution in [-0.2, 0) is 23.7 Å². The predicted molar refractivity (Wildman–Crippen MR) is 189 cm³/mol. The van der Waals surface area contributed by atoms with Crippen LogP contribution in [0.1, 0.15) is 57.1 Å². The van der Waals surface area contributed by atoms with Gasteiger partial charge in [0.25, 0.3) is 0 Å². The topological polar surface area (TPSA) is 96.0 Å². The van der Waals surface area contributed by atoms with E-state index in [0.717, 1.165) is 33.2 Å². The van der Waals surface area contributed by atoms with Crippen LogP contribution in [0, 0.1) is 23.5 Å². The summed E-state index contributed by atoms with van der Waals surface area (Å²) in [6.07, 6.45) is 7.49. The lowest BCUT2D eigenvalue weighted by Gasteiger charge is -2.56. The number of benzene rings is 2. The normalized spacial score (nSPS) is 15.3. The molecule has 256 valence electrons. The maximum Gasteiger partial charge on any atom is 0.123 e. The number of H-pyrrole nitrogens is 2. The van der Waals surface area contributed by atoms with Crippen molar-refractivity contribution in [3.8, 4) is 11.5 Å². The van der Waals surface area contributed by atoms with Crippen molar-refractivity contribution in [3.63, 3.8) is 0 Å². The Labute approximate surface area is 285 Å². The third-order valence-corrected chi connectivity index (χ3v) is 10.9. The molecule has 0 radical (unpaired) electrons. The van der Waals surface area contributed by atoms with Gasteiger partial charge in [-0.2, -0.15) is 0 Å². The summed E-state index contributed by atoms with van der Waals surface area (Å²) in [4.78, 5) is 15.6. The Kier molecular flexibility index (Phi) is 9.00. The SMILES string of the molecule is COc1ccc(F)cc1C(C)(C)C(Cc1cc2ccncc2[nH]1)C(O)(Cc1cc2ccncc2[nH]1)C(C)(c1cc(F)ccc1OC)C(C)C. The van der Waals surface area contributed by atoms with Crippen LogP contribution >= 0.6 is 0 Å². The molecule has 0 aliphatic rings. The first-order chi connectivity index (χ1) is 23.3. The molecule has 3 atom stereocenters. The van der Waals surface area contributed by atoms with E-state index >= 15 is 8.78 Å². The van der Waals surface area contributed by atoms with Crippen LogP contribution < -0.4 is 9.47 Å². The van der Waals surface area contributed by atoms with Crippen molar-refractivity contribution in [2.45, 2.75) is 63.9 Å². The lowest BCUT2D eigenvalue weighted by molar-refractivity contribution is -0.120. The number of hydrogen-bond donors (Lipinski definition) is 3. The van der Waals surface area contributed by atoms with E-state index in [-0.39, 0.29) is 12.3 Å². The Bertz CT molecular complexity index is 2040. The number of hydrogen-bond acceptors (Lipinski definition) is 5. The summed E-state index contributed by atoms with van der Waals surface area (Å²) in [5, 5.41) is 16.0. The molecule has 3 N–H and O–H groups in total. The minimum absolute atomic E-state index is 0.142. The number of ether oxygens (including phenoxy) is 2. The molecule has 0 amide bonds. The molecule has 0 saturated carbocycles. The van der Waals surface area contributed by atoms with Gasteiger partial charge in [-0.25, -0.2) is 8.78 Å². The number of rotatable bonds is 12. The van der Waals surface area contributed by atoms with E-state index < -0.39 is 34.0 Å². The van der Waals surface area contributed by atoms with E-state index in [4.69, 9.17) is 9.47 Å². The Morgan fingerprint density at radius 3 is 1.78 bits per heavy atom. The summed E-state index contributed by atoms with van der Waals surface area (Å²) in [5.41, 5.74) is 0.782. The van der Waals surface area contributed by atoms with Crippen LogP contribution in [0.4, 0.5) is 8.78 Å². The fraction of sp³-hybridized carbons (Fsp3) is 0.350. The quantitative estimate of drug-likeness (QED) is 0.122. The van der Waals surface area contributed by atoms with Gasteiger partial charge in [0.1, 0.15) is 23.1 Å². The average Bonchev–Trinajstić information content (AvgIpc) is 3.69. The molecule has 6 rings (SSSR count). The Hall–Kier alpha value is -4.76. The van der Waals surface area contributed by atoms with Gasteiger partial charge in [0.2, 0.25) is 0 Å². The van der Waals surface area contributed by atoms with E-state index in [0.29, 0.717) is 29.0 Å². The number of pyridine rings is 2. The van der Waals surface area contributed by atoms with Crippen LogP contribution in [0.25, 0.3) is 21.8 Å². The highest BCUT2D eigenvalue weighted by Crippen LogP contribution is 2.56. The first kappa shape index (κ1) is 34.1. The molecule has 0 bridgehead atoms. The van der Waals surface area contributed by atoms with Gasteiger partial charge >= 0.3 is 0 Å². The van der Waals surface area contributed by atoms with E-state index in [1.54, 1.807) is 51.1 Å². The molecule has 4 aromatic heterocycles. The van der Waals surface area contributed by atoms with Crippen LogP contribution in [-0.4, -0.2) is 44.9 Å². The summed E-state index contributed by atoms with van der Waals surface area (Å²) in [7, 11) is 3.12. The van der Waals surface area contributed by atoms with Crippen LogP contribution in [0.15, 0.2) is 85.5 Å². The molecule has 49 heavy (non-hydrogen) atoms. The third-order valence-electron chi connectivity index (χ3n) is 10.9. The molecule has 2 aromatic carbocycles. The average molecular weight is 667 g/mol. The van der Waals surface area contributed by atoms with E-state index in [1.165, 1.54) is 24.3 Å². The molecule has 0 aliphatic carbocycles. The van der Waals surface area contributed by atoms with Gasteiger partial charge in [0.05, 0.1) is 43.2 Å². The number of methoxy groups -OCH3 is 2. The Balaban J connectivity index is 1.68. The van der Waals surface area contributed by atoms with E-state index in [1.807, 2.05) is 52.8 Å². The molecule has 4 heterocycles. The lowest BCUT2D eigenvalue weighted by Crippen LogP contribution is -2.63. The highest BCUT2D eigenvalue weighted by molar-refractivity contribution is 5.80. The molecular weight excluding hydrogens is 622 g/mol. The van der Waals surface area contributed by atoms with Gasteiger partial charge in [0.15, 0.2) is 0 Å². The summed E-state index contributed by atoms with van der Waals surface area (Å²) in [6, 6.07) is 16.9. The summed E-state index contributed by atoms with van der Waals surface area (Å²) < 4.78 is 42.2. The maximum atomic E-state index is 15.3. The van der Waals surface area contributed by atoms with E-state index in [9.17, 15) is 5.11 Å². The predicted octanol–water partition coefficient (Wildman–Crippen LogP) is 8.46. The molecule has 6 aromatic rings. The van der Waals surface area contributed by atoms with Crippen LogP contribution in [0.2, 0.25) is 0 Å². The first-order valence-corrected chi connectivity index (χ1v) is 16.6. The Morgan fingerprint density at radius 2 is 1.24 bits per heavy atom. The minimum atomic E-state index is -1.65. The highest BCUT2D eigenvalue weighted by Gasteiger charge is 2.59. The molecule has 0 spiro atoms. The van der Waals surface area contributed by atoms with Gasteiger partial charge in [0, 0.05) is 63.4 Å². The smallest absolute Gasteiger partial charge is 0.123 e. The second-order valence-electron chi connectivity index (χ2n) is 14.1. The second-order valence-corrected chi connectivity index (χ2v) is 14.1.